The maximum Gasteiger partial charge on any atom is 0.315 e. The van der Waals surface area contributed by atoms with Crippen molar-refractivity contribution >= 4 is 28.3 Å². The number of fused-ring (bicyclic) bond motifs is 2. The summed E-state index contributed by atoms with van der Waals surface area (Å²) in [5, 5.41) is 2.36. The largest absolute Gasteiger partial charge is 0.486 e. The zero-order valence-corrected chi connectivity index (χ0v) is 14.1. The molecule has 1 aliphatic rings. The quantitative estimate of drug-likeness (QED) is 0.516. The van der Waals surface area contributed by atoms with E-state index < -0.39 is 0 Å². The lowest BCUT2D eigenvalue weighted by Crippen LogP contribution is -2.16. The molecule has 0 fully saturated rings. The number of esters is 1. The highest BCUT2D eigenvalue weighted by Gasteiger charge is 2.18. The molecule has 4 rings (SSSR count). The summed E-state index contributed by atoms with van der Waals surface area (Å²) >= 11 is 6.21. The Labute approximate surface area is 149 Å². The molecule has 1 heterocycles. The molecule has 0 amide bonds. The molecule has 3 aromatic rings. The summed E-state index contributed by atoms with van der Waals surface area (Å²) in [4.78, 5) is 12.4. The molecule has 0 aliphatic carbocycles. The number of rotatable bonds is 3. The lowest BCUT2D eigenvalue weighted by molar-refractivity contribution is -0.133. The van der Waals surface area contributed by atoms with Crippen LogP contribution in [-0.4, -0.2) is 19.2 Å². The predicted octanol–water partition coefficient (Wildman–Crippen LogP) is 4.41. The molecule has 0 atom stereocenters. The fourth-order valence-electron chi connectivity index (χ4n) is 2.88. The molecule has 0 N–H and O–H groups in total. The van der Waals surface area contributed by atoms with Crippen LogP contribution in [0.3, 0.4) is 0 Å². The van der Waals surface area contributed by atoms with E-state index in [-0.39, 0.29) is 12.4 Å². The van der Waals surface area contributed by atoms with Crippen molar-refractivity contribution in [3.05, 3.63) is 65.2 Å². The van der Waals surface area contributed by atoms with Crippen LogP contribution in [-0.2, 0) is 11.2 Å². The van der Waals surface area contributed by atoms with Crippen molar-refractivity contribution in [3.8, 4) is 17.2 Å². The summed E-state index contributed by atoms with van der Waals surface area (Å²) in [7, 11) is 0. The van der Waals surface area contributed by atoms with Crippen LogP contribution >= 0.6 is 11.6 Å². The van der Waals surface area contributed by atoms with E-state index in [1.807, 2.05) is 36.4 Å². The summed E-state index contributed by atoms with van der Waals surface area (Å²) in [6.45, 7) is 0.933. The van der Waals surface area contributed by atoms with E-state index in [1.165, 1.54) is 0 Å². The first-order chi connectivity index (χ1) is 12.2. The number of hydrogen-bond acceptors (Lipinski definition) is 4. The maximum atomic E-state index is 12.4. The molecule has 0 unspecified atom stereocenters. The zero-order chi connectivity index (χ0) is 17.2. The second kappa shape index (κ2) is 6.65. The van der Waals surface area contributed by atoms with Crippen LogP contribution in [0.5, 0.6) is 17.2 Å². The molecule has 0 radical (unpaired) electrons. The Kier molecular flexibility index (Phi) is 4.20. The van der Waals surface area contributed by atoms with E-state index in [9.17, 15) is 4.79 Å². The van der Waals surface area contributed by atoms with Gasteiger partial charge in [-0.3, -0.25) is 4.79 Å². The van der Waals surface area contributed by atoms with E-state index >= 15 is 0 Å². The van der Waals surface area contributed by atoms with Gasteiger partial charge in [-0.05, 0) is 29.1 Å². The molecule has 0 saturated heterocycles. The summed E-state index contributed by atoms with van der Waals surface area (Å²) in [5.74, 6) is 1.28. The fourth-order valence-corrected chi connectivity index (χ4v) is 3.16. The van der Waals surface area contributed by atoms with Gasteiger partial charge in [0.05, 0.1) is 11.4 Å². The monoisotopic (exact) mass is 354 g/mol. The van der Waals surface area contributed by atoms with Gasteiger partial charge in [-0.1, -0.05) is 48.0 Å². The highest BCUT2D eigenvalue weighted by Crippen LogP contribution is 2.38. The first kappa shape index (κ1) is 15.8. The van der Waals surface area contributed by atoms with Crippen molar-refractivity contribution < 1.29 is 19.0 Å². The van der Waals surface area contributed by atoms with Gasteiger partial charge in [0, 0.05) is 5.39 Å². The van der Waals surface area contributed by atoms with Gasteiger partial charge >= 0.3 is 5.97 Å². The molecule has 0 aromatic heterocycles. The highest BCUT2D eigenvalue weighted by atomic mass is 35.5. The lowest BCUT2D eigenvalue weighted by Gasteiger charge is -2.20. The van der Waals surface area contributed by atoms with Crippen LogP contribution in [0, 0.1) is 0 Å². The fraction of sp³-hybridized carbons (Fsp3) is 0.150. The number of ether oxygens (including phenoxy) is 3. The standard InChI is InChI=1S/C20H15ClO4/c21-16-10-13(11-18-20(16)24-9-8-23-18)12-19(22)25-17-7-3-5-14-4-1-2-6-15(14)17/h1-7,10-11H,8-9,12H2. The minimum atomic E-state index is -0.357. The van der Waals surface area contributed by atoms with Gasteiger partial charge in [-0.25, -0.2) is 0 Å². The van der Waals surface area contributed by atoms with Crippen LogP contribution in [0.25, 0.3) is 10.8 Å². The number of carbonyl (C=O) groups is 1. The molecule has 5 heteroatoms. The summed E-state index contributed by atoms with van der Waals surface area (Å²) < 4.78 is 16.6. The molecule has 0 bridgehead atoms. The van der Waals surface area contributed by atoms with Crippen molar-refractivity contribution in [2.75, 3.05) is 13.2 Å². The predicted molar refractivity (Wildman–Crippen MR) is 95.7 cm³/mol. The first-order valence-electron chi connectivity index (χ1n) is 7.97. The van der Waals surface area contributed by atoms with Gasteiger partial charge in [-0.15, -0.1) is 0 Å². The van der Waals surface area contributed by atoms with Gasteiger partial charge in [0.2, 0.25) is 0 Å². The highest BCUT2D eigenvalue weighted by molar-refractivity contribution is 6.32. The van der Waals surface area contributed by atoms with Gasteiger partial charge in [-0.2, -0.15) is 0 Å². The Morgan fingerprint density at radius 1 is 1.04 bits per heavy atom. The molecule has 0 saturated carbocycles. The van der Waals surface area contributed by atoms with Crippen molar-refractivity contribution in [3.63, 3.8) is 0 Å². The summed E-state index contributed by atoms with van der Waals surface area (Å²) in [5.41, 5.74) is 0.722. The van der Waals surface area contributed by atoms with Gasteiger partial charge < -0.3 is 14.2 Å². The summed E-state index contributed by atoms with van der Waals surface area (Å²) in [6.07, 6.45) is 0.0968. The van der Waals surface area contributed by atoms with Crippen molar-refractivity contribution in [2.45, 2.75) is 6.42 Å². The van der Waals surface area contributed by atoms with E-state index in [0.29, 0.717) is 35.5 Å². The number of carbonyl (C=O) groups excluding carboxylic acids is 1. The Morgan fingerprint density at radius 2 is 1.84 bits per heavy atom. The normalized spacial score (nSPS) is 12.8. The van der Waals surface area contributed by atoms with Crippen LogP contribution in [0.2, 0.25) is 5.02 Å². The second-order valence-electron chi connectivity index (χ2n) is 5.73. The van der Waals surface area contributed by atoms with Crippen molar-refractivity contribution in [1.29, 1.82) is 0 Å². The smallest absolute Gasteiger partial charge is 0.315 e. The van der Waals surface area contributed by atoms with E-state index in [2.05, 4.69) is 0 Å². The molecule has 0 spiro atoms. The molecule has 4 nitrogen and oxygen atoms in total. The molecule has 126 valence electrons. The van der Waals surface area contributed by atoms with Gasteiger partial charge in [0.25, 0.3) is 0 Å². The average Bonchev–Trinajstić information content (AvgIpc) is 2.62. The van der Waals surface area contributed by atoms with Crippen molar-refractivity contribution in [1.82, 2.24) is 0 Å². The maximum absolute atomic E-state index is 12.4. The first-order valence-corrected chi connectivity index (χ1v) is 8.35. The minimum absolute atomic E-state index is 0.0968. The van der Waals surface area contributed by atoms with Gasteiger partial charge in [0.15, 0.2) is 11.5 Å². The topological polar surface area (TPSA) is 44.8 Å². The molecular formula is C20H15ClO4. The van der Waals surface area contributed by atoms with E-state index in [4.69, 9.17) is 25.8 Å². The molecular weight excluding hydrogens is 340 g/mol. The van der Waals surface area contributed by atoms with Crippen LogP contribution < -0.4 is 14.2 Å². The summed E-state index contributed by atoms with van der Waals surface area (Å²) in [6, 6.07) is 16.9. The third-order valence-electron chi connectivity index (χ3n) is 3.98. The average molecular weight is 355 g/mol. The van der Waals surface area contributed by atoms with Crippen LogP contribution in [0.15, 0.2) is 54.6 Å². The molecule has 1 aliphatic heterocycles. The molecule has 25 heavy (non-hydrogen) atoms. The Morgan fingerprint density at radius 3 is 2.76 bits per heavy atom. The SMILES string of the molecule is O=C(Cc1cc(Cl)c2c(c1)OCCO2)Oc1cccc2ccccc12. The number of halogens is 1. The Balaban J connectivity index is 1.55. The number of benzene rings is 3. The van der Waals surface area contributed by atoms with Gasteiger partial charge in [0.1, 0.15) is 19.0 Å². The number of hydrogen-bond donors (Lipinski definition) is 0. The lowest BCUT2D eigenvalue weighted by atomic mass is 10.1. The molecule has 3 aromatic carbocycles. The Hall–Kier alpha value is -2.72. The zero-order valence-electron chi connectivity index (χ0n) is 13.3. The third kappa shape index (κ3) is 3.26. The Bertz CT molecular complexity index is 946. The minimum Gasteiger partial charge on any atom is -0.486 e. The van der Waals surface area contributed by atoms with Crippen molar-refractivity contribution in [2.24, 2.45) is 0 Å². The van der Waals surface area contributed by atoms with Crippen LogP contribution in [0.1, 0.15) is 5.56 Å². The van der Waals surface area contributed by atoms with E-state index in [1.54, 1.807) is 18.2 Å². The van der Waals surface area contributed by atoms with E-state index in [0.717, 1.165) is 16.3 Å². The van der Waals surface area contributed by atoms with Crippen LogP contribution in [0.4, 0.5) is 0 Å². The second-order valence-corrected chi connectivity index (χ2v) is 6.14. The third-order valence-corrected chi connectivity index (χ3v) is 4.26.